The number of ether oxygens (including phenoxy) is 2. The lowest BCUT2D eigenvalue weighted by Gasteiger charge is -2.25. The Morgan fingerprint density at radius 1 is 1.25 bits per heavy atom. The second kappa shape index (κ2) is 5.50. The molecule has 108 valence electrons. The molecule has 20 heavy (non-hydrogen) atoms. The lowest BCUT2D eigenvalue weighted by molar-refractivity contribution is -0.131. The lowest BCUT2D eigenvalue weighted by Crippen LogP contribution is -2.47. The van der Waals surface area contributed by atoms with Gasteiger partial charge >= 0.3 is 0 Å². The summed E-state index contributed by atoms with van der Waals surface area (Å²) in [5, 5.41) is 0. The van der Waals surface area contributed by atoms with Gasteiger partial charge in [-0.25, -0.2) is 0 Å². The van der Waals surface area contributed by atoms with E-state index in [-0.39, 0.29) is 18.5 Å². The van der Waals surface area contributed by atoms with Gasteiger partial charge in [0.25, 0.3) is 0 Å². The van der Waals surface area contributed by atoms with Crippen LogP contribution >= 0.6 is 0 Å². The summed E-state index contributed by atoms with van der Waals surface area (Å²) in [6.45, 7) is 3.43. The first-order valence-corrected chi connectivity index (χ1v) is 6.38. The van der Waals surface area contributed by atoms with Gasteiger partial charge in [-0.2, -0.15) is 0 Å². The molecular formula is C14H18N2O4. The van der Waals surface area contributed by atoms with Crippen LogP contribution in [0.4, 0.5) is 0 Å². The summed E-state index contributed by atoms with van der Waals surface area (Å²) in [5.41, 5.74) is 6.03. The third-order valence-electron chi connectivity index (χ3n) is 3.35. The van der Waals surface area contributed by atoms with Gasteiger partial charge in [-0.1, -0.05) is 0 Å². The van der Waals surface area contributed by atoms with Crippen molar-refractivity contribution in [3.8, 4) is 11.5 Å². The van der Waals surface area contributed by atoms with E-state index in [0.717, 1.165) is 0 Å². The molecule has 0 radical (unpaired) electrons. The van der Waals surface area contributed by atoms with Crippen molar-refractivity contribution in [3.05, 3.63) is 23.8 Å². The first-order valence-electron chi connectivity index (χ1n) is 6.38. The Balaban J connectivity index is 2.16. The quantitative estimate of drug-likeness (QED) is 0.823. The van der Waals surface area contributed by atoms with Crippen molar-refractivity contribution < 1.29 is 19.1 Å². The van der Waals surface area contributed by atoms with Crippen LogP contribution in [0.5, 0.6) is 11.5 Å². The number of carbonyl (C=O) groups is 2. The van der Waals surface area contributed by atoms with Crippen LogP contribution in [0.1, 0.15) is 24.2 Å². The molecule has 1 aliphatic heterocycles. The molecule has 1 aromatic rings. The predicted octanol–water partition coefficient (Wildman–Crippen LogP) is 0.792. The SMILES string of the molecule is C[C@H](N)C(=O)N(C)[C@H](C)C(=O)c1ccc2c(c1)OCO2. The largest absolute Gasteiger partial charge is 0.454 e. The standard InChI is InChI=1S/C14H18N2O4/c1-8(15)14(18)16(3)9(2)13(17)10-4-5-11-12(6-10)20-7-19-11/h4-6,8-9H,7,15H2,1-3H3/t8-,9+/m0/s1. The van der Waals surface area contributed by atoms with Gasteiger partial charge in [-0.05, 0) is 32.0 Å². The summed E-state index contributed by atoms with van der Waals surface area (Å²) < 4.78 is 10.4. The Hall–Kier alpha value is -2.08. The molecule has 0 fully saturated rings. The van der Waals surface area contributed by atoms with Crippen LogP contribution in [-0.4, -0.2) is 42.5 Å². The summed E-state index contributed by atoms with van der Waals surface area (Å²) in [6.07, 6.45) is 0. The second-order valence-corrected chi connectivity index (χ2v) is 4.85. The molecule has 0 spiro atoms. The zero-order valence-corrected chi connectivity index (χ0v) is 11.8. The summed E-state index contributed by atoms with van der Waals surface area (Å²) in [7, 11) is 1.57. The zero-order valence-electron chi connectivity index (χ0n) is 11.8. The van der Waals surface area contributed by atoms with Gasteiger partial charge in [0.05, 0.1) is 12.1 Å². The van der Waals surface area contributed by atoms with Crippen LogP contribution in [0.15, 0.2) is 18.2 Å². The van der Waals surface area contributed by atoms with Gasteiger partial charge < -0.3 is 20.1 Å². The minimum Gasteiger partial charge on any atom is -0.454 e. The molecule has 0 unspecified atom stereocenters. The number of nitrogens with two attached hydrogens (primary N) is 1. The molecule has 1 amide bonds. The molecule has 6 nitrogen and oxygen atoms in total. The second-order valence-electron chi connectivity index (χ2n) is 4.85. The van der Waals surface area contributed by atoms with Crippen molar-refractivity contribution in [1.29, 1.82) is 0 Å². The van der Waals surface area contributed by atoms with Crippen LogP contribution in [0.25, 0.3) is 0 Å². The highest BCUT2D eigenvalue weighted by Gasteiger charge is 2.26. The average Bonchev–Trinajstić information content (AvgIpc) is 2.91. The number of nitrogens with zero attached hydrogens (tertiary/aromatic N) is 1. The summed E-state index contributed by atoms with van der Waals surface area (Å²) >= 11 is 0. The van der Waals surface area contributed by atoms with Crippen molar-refractivity contribution in [2.45, 2.75) is 25.9 Å². The molecule has 2 rings (SSSR count). The smallest absolute Gasteiger partial charge is 0.239 e. The van der Waals surface area contributed by atoms with Crippen LogP contribution in [0.2, 0.25) is 0 Å². The zero-order chi connectivity index (χ0) is 14.9. The Morgan fingerprint density at radius 2 is 1.90 bits per heavy atom. The van der Waals surface area contributed by atoms with Crippen molar-refractivity contribution in [2.24, 2.45) is 5.73 Å². The highest BCUT2D eigenvalue weighted by molar-refractivity contribution is 6.02. The monoisotopic (exact) mass is 278 g/mol. The van der Waals surface area contributed by atoms with Gasteiger partial charge in [-0.3, -0.25) is 9.59 Å². The lowest BCUT2D eigenvalue weighted by atomic mass is 10.0. The van der Waals surface area contributed by atoms with E-state index in [4.69, 9.17) is 15.2 Å². The number of hydrogen-bond acceptors (Lipinski definition) is 5. The van der Waals surface area contributed by atoms with E-state index in [2.05, 4.69) is 0 Å². The molecule has 2 atom stereocenters. The molecule has 0 aliphatic carbocycles. The molecule has 0 bridgehead atoms. The molecule has 0 saturated carbocycles. The number of benzene rings is 1. The highest BCUT2D eigenvalue weighted by Crippen LogP contribution is 2.32. The third kappa shape index (κ3) is 2.60. The number of hydrogen-bond donors (Lipinski definition) is 1. The summed E-state index contributed by atoms with van der Waals surface area (Å²) in [4.78, 5) is 25.6. The Kier molecular flexibility index (Phi) is 3.94. The van der Waals surface area contributed by atoms with Crippen molar-refractivity contribution in [3.63, 3.8) is 0 Å². The molecule has 1 heterocycles. The van der Waals surface area contributed by atoms with Gasteiger partial charge in [0.2, 0.25) is 12.7 Å². The van der Waals surface area contributed by atoms with Gasteiger partial charge in [-0.15, -0.1) is 0 Å². The predicted molar refractivity (Wildman–Crippen MR) is 72.8 cm³/mol. The average molecular weight is 278 g/mol. The molecule has 6 heteroatoms. The van der Waals surface area contributed by atoms with Crippen molar-refractivity contribution >= 4 is 11.7 Å². The highest BCUT2D eigenvalue weighted by atomic mass is 16.7. The molecule has 0 saturated heterocycles. The van der Waals surface area contributed by atoms with Crippen molar-refractivity contribution in [1.82, 2.24) is 4.90 Å². The fourth-order valence-electron chi connectivity index (χ4n) is 1.98. The van der Waals surface area contributed by atoms with E-state index in [1.165, 1.54) is 4.90 Å². The number of rotatable bonds is 4. The van der Waals surface area contributed by atoms with Crippen LogP contribution in [0, 0.1) is 0 Å². The Morgan fingerprint density at radius 3 is 2.55 bits per heavy atom. The van der Waals surface area contributed by atoms with E-state index < -0.39 is 12.1 Å². The third-order valence-corrected chi connectivity index (χ3v) is 3.35. The normalized spacial score (nSPS) is 15.6. The van der Waals surface area contributed by atoms with Gasteiger partial charge in [0.15, 0.2) is 17.3 Å². The van der Waals surface area contributed by atoms with E-state index in [1.807, 2.05) is 0 Å². The maximum absolute atomic E-state index is 12.4. The number of amides is 1. The van der Waals surface area contributed by atoms with Gasteiger partial charge in [0, 0.05) is 12.6 Å². The fraction of sp³-hybridized carbons (Fsp3) is 0.429. The van der Waals surface area contributed by atoms with Gasteiger partial charge in [0.1, 0.15) is 0 Å². The number of ketones is 1. The molecule has 2 N–H and O–H groups in total. The molecular weight excluding hydrogens is 260 g/mol. The minimum atomic E-state index is -0.632. The minimum absolute atomic E-state index is 0.158. The number of likely N-dealkylation sites (N-methyl/N-ethyl adjacent to an activating group) is 1. The first-order chi connectivity index (χ1) is 9.41. The van der Waals surface area contributed by atoms with E-state index in [0.29, 0.717) is 17.1 Å². The number of Topliss-reactive ketones (excluding diaryl/α,β-unsaturated/α-hetero) is 1. The maximum atomic E-state index is 12.4. The maximum Gasteiger partial charge on any atom is 0.239 e. The fourth-order valence-corrected chi connectivity index (χ4v) is 1.98. The van der Waals surface area contributed by atoms with E-state index >= 15 is 0 Å². The Labute approximate surface area is 117 Å². The van der Waals surface area contributed by atoms with Crippen LogP contribution in [0.3, 0.4) is 0 Å². The van der Waals surface area contributed by atoms with E-state index in [9.17, 15) is 9.59 Å². The first kappa shape index (κ1) is 14.3. The Bertz CT molecular complexity index is 542. The van der Waals surface area contributed by atoms with E-state index in [1.54, 1.807) is 39.1 Å². The summed E-state index contributed by atoms with van der Waals surface area (Å²) in [6, 6.07) is 3.76. The van der Waals surface area contributed by atoms with Crippen molar-refractivity contribution in [2.75, 3.05) is 13.8 Å². The topological polar surface area (TPSA) is 81.9 Å². The van der Waals surface area contributed by atoms with Crippen LogP contribution < -0.4 is 15.2 Å². The number of carbonyl (C=O) groups excluding carboxylic acids is 2. The molecule has 1 aliphatic rings. The molecule has 1 aromatic carbocycles. The number of fused-ring (bicyclic) bond motifs is 1. The molecule has 0 aromatic heterocycles. The van der Waals surface area contributed by atoms with Crippen LogP contribution in [-0.2, 0) is 4.79 Å². The summed E-state index contributed by atoms with van der Waals surface area (Å²) in [5.74, 6) is 0.727.